The molecule has 1 aliphatic carbocycles. The lowest BCUT2D eigenvalue weighted by atomic mass is 9.99. The Morgan fingerprint density at radius 1 is 1.05 bits per heavy atom. The number of nitrogens with two attached hydrogens (primary N) is 1. The Kier molecular flexibility index (Phi) is 3.08. The molecule has 2 N–H and O–H groups in total. The second kappa shape index (κ2) is 4.88. The largest absolute Gasteiger partial charge is 0.399 e. The van der Waals surface area contributed by atoms with Crippen molar-refractivity contribution in [3.8, 4) is 0 Å². The summed E-state index contributed by atoms with van der Waals surface area (Å²) in [5.74, 6) is 0.130. The van der Waals surface area contributed by atoms with Gasteiger partial charge in [0.05, 0.1) is 0 Å². The molecule has 2 aromatic rings. The zero-order valence-electron chi connectivity index (χ0n) is 10.9. The number of rotatable bonds is 3. The van der Waals surface area contributed by atoms with Gasteiger partial charge in [-0.25, -0.2) is 0 Å². The lowest BCUT2D eigenvalue weighted by Crippen LogP contribution is -2.04. The Labute approximate surface area is 113 Å². The first-order chi connectivity index (χ1) is 9.22. The molecule has 0 heterocycles. The molecule has 0 aromatic heterocycles. The third kappa shape index (κ3) is 2.53. The molecular formula is C17H17NO. The summed E-state index contributed by atoms with van der Waals surface area (Å²) in [5, 5.41) is 0. The van der Waals surface area contributed by atoms with Gasteiger partial charge in [0.1, 0.15) is 0 Å². The third-order valence-corrected chi connectivity index (χ3v) is 3.74. The first kappa shape index (κ1) is 12.0. The highest BCUT2D eigenvalue weighted by Crippen LogP contribution is 2.23. The Bertz CT molecular complexity index is 631. The molecule has 1 aliphatic rings. The van der Waals surface area contributed by atoms with E-state index in [0.29, 0.717) is 17.7 Å². The van der Waals surface area contributed by atoms with Crippen molar-refractivity contribution in [1.82, 2.24) is 0 Å². The summed E-state index contributed by atoms with van der Waals surface area (Å²) in [6, 6.07) is 13.6. The van der Waals surface area contributed by atoms with E-state index in [1.807, 2.05) is 12.1 Å². The van der Waals surface area contributed by atoms with Crippen LogP contribution in [-0.4, -0.2) is 5.78 Å². The van der Waals surface area contributed by atoms with Crippen LogP contribution in [0.15, 0.2) is 42.5 Å². The van der Waals surface area contributed by atoms with Gasteiger partial charge in [0, 0.05) is 17.7 Å². The quantitative estimate of drug-likeness (QED) is 0.672. The molecule has 96 valence electrons. The monoisotopic (exact) mass is 251 g/mol. The number of hydrogen-bond donors (Lipinski definition) is 1. The van der Waals surface area contributed by atoms with Crippen LogP contribution in [0.1, 0.15) is 33.5 Å². The molecule has 2 heteroatoms. The highest BCUT2D eigenvalue weighted by Gasteiger charge is 2.13. The van der Waals surface area contributed by atoms with Crippen molar-refractivity contribution < 1.29 is 4.79 Å². The molecule has 0 bridgehead atoms. The van der Waals surface area contributed by atoms with Gasteiger partial charge in [-0.15, -0.1) is 0 Å². The molecule has 0 fully saturated rings. The fourth-order valence-corrected chi connectivity index (χ4v) is 2.73. The molecule has 0 radical (unpaired) electrons. The van der Waals surface area contributed by atoms with Crippen LogP contribution in [0, 0.1) is 0 Å². The highest BCUT2D eigenvalue weighted by molar-refractivity contribution is 5.98. The Morgan fingerprint density at radius 2 is 1.89 bits per heavy atom. The molecule has 0 saturated carbocycles. The molecule has 0 unspecified atom stereocenters. The number of fused-ring (bicyclic) bond motifs is 1. The van der Waals surface area contributed by atoms with Crippen molar-refractivity contribution in [1.29, 1.82) is 0 Å². The number of ketones is 1. The Balaban J connectivity index is 1.80. The van der Waals surface area contributed by atoms with E-state index in [4.69, 9.17) is 5.73 Å². The van der Waals surface area contributed by atoms with E-state index in [1.54, 1.807) is 12.1 Å². The van der Waals surface area contributed by atoms with Crippen LogP contribution in [0.2, 0.25) is 0 Å². The number of hydrogen-bond acceptors (Lipinski definition) is 2. The SMILES string of the molecule is Nc1cccc(C(=O)Cc2ccc3c(c2)CCC3)c1. The van der Waals surface area contributed by atoms with Crippen LogP contribution in [0.3, 0.4) is 0 Å². The predicted molar refractivity (Wildman–Crippen MR) is 77.4 cm³/mol. The zero-order chi connectivity index (χ0) is 13.2. The van der Waals surface area contributed by atoms with Crippen molar-refractivity contribution in [3.63, 3.8) is 0 Å². The number of nitrogen functional groups attached to an aromatic ring is 1. The molecule has 0 spiro atoms. The molecule has 2 nitrogen and oxygen atoms in total. The first-order valence-corrected chi connectivity index (χ1v) is 6.72. The van der Waals surface area contributed by atoms with Gasteiger partial charge < -0.3 is 5.73 Å². The maximum Gasteiger partial charge on any atom is 0.167 e. The van der Waals surface area contributed by atoms with Crippen molar-refractivity contribution in [2.45, 2.75) is 25.7 Å². The molecule has 0 saturated heterocycles. The normalized spacial score (nSPS) is 13.3. The topological polar surface area (TPSA) is 43.1 Å². The van der Waals surface area contributed by atoms with Crippen LogP contribution in [0.4, 0.5) is 5.69 Å². The van der Waals surface area contributed by atoms with Gasteiger partial charge in [-0.1, -0.05) is 30.3 Å². The lowest BCUT2D eigenvalue weighted by molar-refractivity contribution is 0.0993. The second-order valence-corrected chi connectivity index (χ2v) is 5.18. The molecule has 19 heavy (non-hydrogen) atoms. The minimum Gasteiger partial charge on any atom is -0.399 e. The number of benzene rings is 2. The second-order valence-electron chi connectivity index (χ2n) is 5.18. The maximum absolute atomic E-state index is 12.2. The van der Waals surface area contributed by atoms with Gasteiger partial charge in [-0.3, -0.25) is 4.79 Å². The summed E-state index contributed by atoms with van der Waals surface area (Å²) in [7, 11) is 0. The van der Waals surface area contributed by atoms with Crippen molar-refractivity contribution in [3.05, 3.63) is 64.7 Å². The van der Waals surface area contributed by atoms with Gasteiger partial charge in [0.25, 0.3) is 0 Å². The van der Waals surface area contributed by atoms with Crippen molar-refractivity contribution in [2.24, 2.45) is 0 Å². The predicted octanol–water partition coefficient (Wildman–Crippen LogP) is 3.18. The Hall–Kier alpha value is -2.09. The first-order valence-electron chi connectivity index (χ1n) is 6.72. The fourth-order valence-electron chi connectivity index (χ4n) is 2.73. The zero-order valence-corrected chi connectivity index (χ0v) is 10.9. The number of carbonyl (C=O) groups excluding carboxylic acids is 1. The summed E-state index contributed by atoms with van der Waals surface area (Å²) in [6.45, 7) is 0. The van der Waals surface area contributed by atoms with Crippen LogP contribution in [0.25, 0.3) is 0 Å². The fraction of sp³-hybridized carbons (Fsp3) is 0.235. The average molecular weight is 251 g/mol. The van der Waals surface area contributed by atoms with Crippen LogP contribution in [-0.2, 0) is 19.3 Å². The van der Waals surface area contributed by atoms with Crippen LogP contribution >= 0.6 is 0 Å². The van der Waals surface area contributed by atoms with E-state index in [0.717, 1.165) is 12.0 Å². The highest BCUT2D eigenvalue weighted by atomic mass is 16.1. The van der Waals surface area contributed by atoms with Crippen molar-refractivity contribution >= 4 is 11.5 Å². The lowest BCUT2D eigenvalue weighted by Gasteiger charge is -2.05. The molecule has 0 amide bonds. The molecular weight excluding hydrogens is 234 g/mol. The van der Waals surface area contributed by atoms with Crippen LogP contribution < -0.4 is 5.73 Å². The molecule has 2 aromatic carbocycles. The average Bonchev–Trinajstić information content (AvgIpc) is 2.86. The summed E-state index contributed by atoms with van der Waals surface area (Å²) in [5.41, 5.74) is 11.0. The van der Waals surface area contributed by atoms with Crippen LogP contribution in [0.5, 0.6) is 0 Å². The van der Waals surface area contributed by atoms with Gasteiger partial charge in [-0.05, 0) is 48.1 Å². The van der Waals surface area contributed by atoms with Gasteiger partial charge in [-0.2, -0.15) is 0 Å². The van der Waals surface area contributed by atoms with E-state index in [1.165, 1.54) is 24.0 Å². The number of carbonyl (C=O) groups is 1. The minimum absolute atomic E-state index is 0.130. The summed E-state index contributed by atoms with van der Waals surface area (Å²) in [4.78, 5) is 12.2. The summed E-state index contributed by atoms with van der Waals surface area (Å²) >= 11 is 0. The molecule has 3 rings (SSSR count). The van der Waals surface area contributed by atoms with Gasteiger partial charge in [0.2, 0.25) is 0 Å². The molecule has 0 atom stereocenters. The third-order valence-electron chi connectivity index (χ3n) is 3.74. The molecule has 0 aliphatic heterocycles. The maximum atomic E-state index is 12.2. The van der Waals surface area contributed by atoms with E-state index in [2.05, 4.69) is 18.2 Å². The van der Waals surface area contributed by atoms with E-state index in [9.17, 15) is 4.79 Å². The van der Waals surface area contributed by atoms with E-state index >= 15 is 0 Å². The van der Waals surface area contributed by atoms with Crippen molar-refractivity contribution in [2.75, 3.05) is 5.73 Å². The number of Topliss-reactive ketones (excluding diaryl/α,β-unsaturated/α-hetero) is 1. The van der Waals surface area contributed by atoms with E-state index in [-0.39, 0.29) is 5.78 Å². The summed E-state index contributed by atoms with van der Waals surface area (Å²) in [6.07, 6.45) is 4.02. The smallest absolute Gasteiger partial charge is 0.167 e. The number of anilines is 1. The van der Waals surface area contributed by atoms with Gasteiger partial charge in [0.15, 0.2) is 5.78 Å². The summed E-state index contributed by atoms with van der Waals surface area (Å²) < 4.78 is 0. The Morgan fingerprint density at radius 3 is 2.74 bits per heavy atom. The van der Waals surface area contributed by atoms with E-state index < -0.39 is 0 Å². The standard InChI is InChI=1S/C17H17NO/c18-16-6-2-5-15(11-16)17(19)10-12-7-8-13-3-1-4-14(13)9-12/h2,5-9,11H,1,3-4,10,18H2. The number of aryl methyl sites for hydroxylation is 2. The van der Waals surface area contributed by atoms with Gasteiger partial charge >= 0.3 is 0 Å². The minimum atomic E-state index is 0.130.